The second kappa shape index (κ2) is 7.58. The molecule has 1 aromatic heterocycles. The fourth-order valence-corrected chi connectivity index (χ4v) is 5.75. The zero-order valence-corrected chi connectivity index (χ0v) is 18.5. The predicted molar refractivity (Wildman–Crippen MR) is 109 cm³/mol. The summed E-state index contributed by atoms with van der Waals surface area (Å²) in [5.74, 6) is -1.07. The van der Waals surface area contributed by atoms with E-state index >= 15 is 0 Å². The summed E-state index contributed by atoms with van der Waals surface area (Å²) in [6.07, 6.45) is -0.174. The van der Waals surface area contributed by atoms with E-state index in [0.29, 0.717) is 55.0 Å². The third-order valence-corrected chi connectivity index (χ3v) is 8.41. The fourth-order valence-electron chi connectivity index (χ4n) is 4.31. The second-order valence-corrected chi connectivity index (χ2v) is 10.8. The van der Waals surface area contributed by atoms with Gasteiger partial charge in [-0.1, -0.05) is 6.92 Å². The van der Waals surface area contributed by atoms with Crippen molar-refractivity contribution in [2.45, 2.75) is 68.1 Å². The quantitative estimate of drug-likeness (QED) is 0.693. The molecule has 174 valence electrons. The lowest BCUT2D eigenvalue weighted by Gasteiger charge is -2.31. The van der Waals surface area contributed by atoms with Gasteiger partial charge < -0.3 is 5.11 Å². The van der Waals surface area contributed by atoms with Crippen molar-refractivity contribution in [3.8, 4) is 0 Å². The molecule has 2 aliphatic rings. The number of nitrogens with zero attached hydrogens (tertiary/aromatic N) is 3. The van der Waals surface area contributed by atoms with Gasteiger partial charge in [0, 0.05) is 18.3 Å². The first-order chi connectivity index (χ1) is 14.8. The van der Waals surface area contributed by atoms with Gasteiger partial charge in [-0.05, 0) is 61.3 Å². The summed E-state index contributed by atoms with van der Waals surface area (Å²) in [6.45, 7) is 1.49. The van der Waals surface area contributed by atoms with Crippen molar-refractivity contribution < 1.29 is 31.5 Å². The molecule has 1 heterocycles. The van der Waals surface area contributed by atoms with E-state index in [2.05, 4.69) is 5.10 Å². The Hall–Kier alpha value is -2.40. The zero-order valence-electron chi connectivity index (χ0n) is 17.7. The van der Waals surface area contributed by atoms with Crippen LogP contribution in [-0.4, -0.2) is 40.6 Å². The number of carboxylic acid groups (broad SMARTS) is 1. The van der Waals surface area contributed by atoms with Crippen LogP contribution in [0.4, 0.5) is 13.2 Å². The van der Waals surface area contributed by atoms with Gasteiger partial charge in [-0.2, -0.15) is 22.6 Å². The van der Waals surface area contributed by atoms with E-state index in [4.69, 9.17) is 5.11 Å². The Labute approximate surface area is 183 Å². The van der Waals surface area contributed by atoms with Crippen molar-refractivity contribution in [3.63, 3.8) is 0 Å². The highest BCUT2D eigenvalue weighted by atomic mass is 32.2. The van der Waals surface area contributed by atoms with Gasteiger partial charge in [0.05, 0.1) is 22.7 Å². The van der Waals surface area contributed by atoms with E-state index < -0.39 is 39.2 Å². The van der Waals surface area contributed by atoms with Gasteiger partial charge >= 0.3 is 12.1 Å². The second-order valence-electron chi connectivity index (χ2n) is 8.83. The Balaban J connectivity index is 1.74. The number of rotatable bonds is 6. The summed E-state index contributed by atoms with van der Waals surface area (Å²) in [4.78, 5) is 10.7. The number of carbonyl (C=O) groups is 1. The Morgan fingerprint density at radius 3 is 2.59 bits per heavy atom. The minimum Gasteiger partial charge on any atom is -0.480 e. The van der Waals surface area contributed by atoms with Gasteiger partial charge in [-0.25, -0.2) is 8.42 Å². The maximum Gasteiger partial charge on any atom is 0.416 e. The van der Waals surface area contributed by atoms with Gasteiger partial charge in [0.25, 0.3) is 0 Å². The number of aliphatic carboxylic acids is 1. The Kier molecular flexibility index (Phi) is 5.40. The van der Waals surface area contributed by atoms with Gasteiger partial charge in [-0.3, -0.25) is 9.48 Å². The molecule has 32 heavy (non-hydrogen) atoms. The van der Waals surface area contributed by atoms with E-state index in [-0.39, 0.29) is 11.4 Å². The summed E-state index contributed by atoms with van der Waals surface area (Å²) in [5, 5.41) is 13.2. The Bertz CT molecular complexity index is 1150. The van der Waals surface area contributed by atoms with Crippen molar-refractivity contribution >= 4 is 16.0 Å². The van der Waals surface area contributed by atoms with Crippen molar-refractivity contribution in [1.29, 1.82) is 0 Å². The van der Waals surface area contributed by atoms with E-state index in [9.17, 15) is 26.4 Å². The van der Waals surface area contributed by atoms with Gasteiger partial charge in [0.15, 0.2) is 0 Å². The molecular formula is C21H24F3N3O4S. The molecule has 1 N–H and O–H groups in total. The van der Waals surface area contributed by atoms with Gasteiger partial charge in [-0.15, -0.1) is 0 Å². The molecular weight excluding hydrogens is 447 g/mol. The fraction of sp³-hybridized carbons (Fsp3) is 0.524. The smallest absolute Gasteiger partial charge is 0.416 e. The number of carboxylic acids is 1. The molecule has 4 rings (SSSR count). The molecule has 7 nitrogen and oxygen atoms in total. The molecule has 1 aromatic carbocycles. The normalized spacial score (nSPS) is 20.2. The molecule has 0 amide bonds. The first kappa shape index (κ1) is 22.8. The SMILES string of the molecule is CN([C@@H]1CCCc2c1cnn2CC(=O)O)S(=O)(=O)c1cc(C(F)(F)F)cc(C2(C)CC2)c1. The summed E-state index contributed by atoms with van der Waals surface area (Å²) >= 11 is 0. The lowest BCUT2D eigenvalue weighted by Crippen LogP contribution is -2.34. The van der Waals surface area contributed by atoms with E-state index in [1.54, 1.807) is 0 Å². The van der Waals surface area contributed by atoms with Crippen LogP contribution in [0, 0.1) is 0 Å². The van der Waals surface area contributed by atoms with Crippen LogP contribution < -0.4 is 0 Å². The molecule has 11 heteroatoms. The number of aromatic nitrogens is 2. The molecule has 0 bridgehead atoms. The van der Waals surface area contributed by atoms with Crippen molar-refractivity contribution in [2.75, 3.05) is 7.05 Å². The predicted octanol–water partition coefficient (Wildman–Crippen LogP) is 3.74. The molecule has 1 saturated carbocycles. The van der Waals surface area contributed by atoms with Crippen LogP contribution in [-0.2, 0) is 39.4 Å². The Morgan fingerprint density at radius 2 is 2.00 bits per heavy atom. The lowest BCUT2D eigenvalue weighted by molar-refractivity contribution is -0.138. The van der Waals surface area contributed by atoms with E-state index in [1.807, 2.05) is 6.92 Å². The standard InChI is InChI=1S/C21H24F3N3O4S/c1-20(6-7-20)13-8-14(21(22,23)24)10-15(9-13)32(30,31)26(2)17-4-3-5-18-16(17)11-25-27(18)12-19(28)29/h8-11,17H,3-7,12H2,1-2H3,(H,28,29)/t17-/m1/s1. The van der Waals surface area contributed by atoms with E-state index in [1.165, 1.54) is 24.0 Å². The number of sulfonamides is 1. The summed E-state index contributed by atoms with van der Waals surface area (Å²) in [5.41, 5.74) is 0.178. The van der Waals surface area contributed by atoms with Crippen LogP contribution in [0.5, 0.6) is 0 Å². The Morgan fingerprint density at radius 1 is 1.31 bits per heavy atom. The third kappa shape index (κ3) is 4.03. The minimum atomic E-state index is -4.67. The summed E-state index contributed by atoms with van der Waals surface area (Å²) in [6, 6.07) is 2.45. The first-order valence-corrected chi connectivity index (χ1v) is 11.7. The highest BCUT2D eigenvalue weighted by molar-refractivity contribution is 7.89. The average Bonchev–Trinajstić information content (AvgIpc) is 3.35. The summed E-state index contributed by atoms with van der Waals surface area (Å²) in [7, 11) is -2.90. The highest BCUT2D eigenvalue weighted by Crippen LogP contribution is 2.49. The number of halogens is 3. The maximum absolute atomic E-state index is 13.5. The number of hydrogen-bond acceptors (Lipinski definition) is 4. The number of alkyl halides is 3. The molecule has 1 atom stereocenters. The molecule has 1 fully saturated rings. The van der Waals surface area contributed by atoms with Crippen LogP contribution in [0.3, 0.4) is 0 Å². The third-order valence-electron chi connectivity index (χ3n) is 6.56. The molecule has 0 saturated heterocycles. The van der Waals surface area contributed by atoms with Gasteiger partial charge in [0.2, 0.25) is 10.0 Å². The van der Waals surface area contributed by atoms with Crippen LogP contribution >= 0.6 is 0 Å². The van der Waals surface area contributed by atoms with Crippen LogP contribution in [0.15, 0.2) is 29.3 Å². The lowest BCUT2D eigenvalue weighted by atomic mass is 9.93. The van der Waals surface area contributed by atoms with Crippen molar-refractivity contribution in [3.05, 3.63) is 46.8 Å². The molecule has 2 aromatic rings. The highest BCUT2D eigenvalue weighted by Gasteiger charge is 2.43. The van der Waals surface area contributed by atoms with E-state index in [0.717, 1.165) is 10.4 Å². The number of benzene rings is 1. The molecule has 2 aliphatic carbocycles. The number of fused-ring (bicyclic) bond motifs is 1. The van der Waals surface area contributed by atoms with Crippen molar-refractivity contribution in [2.24, 2.45) is 0 Å². The number of hydrogen-bond donors (Lipinski definition) is 1. The summed E-state index contributed by atoms with van der Waals surface area (Å²) < 4.78 is 69.9. The van der Waals surface area contributed by atoms with Crippen molar-refractivity contribution in [1.82, 2.24) is 14.1 Å². The largest absolute Gasteiger partial charge is 0.480 e. The van der Waals surface area contributed by atoms with Crippen LogP contribution in [0.2, 0.25) is 0 Å². The molecule has 0 spiro atoms. The molecule has 0 aliphatic heterocycles. The molecule has 0 radical (unpaired) electrons. The monoisotopic (exact) mass is 471 g/mol. The topological polar surface area (TPSA) is 92.5 Å². The minimum absolute atomic E-state index is 0.339. The average molecular weight is 472 g/mol. The zero-order chi connectivity index (χ0) is 23.5. The van der Waals surface area contributed by atoms with Crippen LogP contribution in [0.1, 0.15) is 61.0 Å². The maximum atomic E-state index is 13.5. The first-order valence-electron chi connectivity index (χ1n) is 10.3. The van der Waals surface area contributed by atoms with Gasteiger partial charge in [0.1, 0.15) is 6.54 Å². The van der Waals surface area contributed by atoms with Crippen LogP contribution in [0.25, 0.3) is 0 Å². The molecule has 0 unspecified atom stereocenters.